The summed E-state index contributed by atoms with van der Waals surface area (Å²) in [4.78, 5) is 23.5. The molecule has 2 fully saturated rings. The van der Waals surface area contributed by atoms with Crippen molar-refractivity contribution in [2.45, 2.75) is 19.4 Å². The number of carbonyl (C=O) groups is 2. The number of fused-ring (bicyclic) bond motifs is 3. The highest BCUT2D eigenvalue weighted by atomic mass is 16.7. The summed E-state index contributed by atoms with van der Waals surface area (Å²) in [5, 5.41) is 14.8. The third kappa shape index (κ3) is 4.94. The lowest BCUT2D eigenvalue weighted by Gasteiger charge is -2.37. The highest BCUT2D eigenvalue weighted by Crippen LogP contribution is 2.43. The van der Waals surface area contributed by atoms with Crippen LogP contribution in [-0.4, -0.2) is 71.5 Å². The van der Waals surface area contributed by atoms with Crippen molar-refractivity contribution in [2.24, 2.45) is 17.8 Å². The maximum Gasteiger partial charge on any atom is 0.414 e. The van der Waals surface area contributed by atoms with E-state index in [1.165, 1.54) is 51.1 Å². The first-order valence-electron chi connectivity index (χ1n) is 10.5. The molecule has 30 heavy (non-hydrogen) atoms. The molecule has 162 valence electrons. The number of carboxylic acid groups (broad SMARTS) is 2. The quantitative estimate of drug-likeness (QED) is 0.567. The van der Waals surface area contributed by atoms with Crippen molar-refractivity contribution in [1.29, 1.82) is 0 Å². The SMILES string of the molecule is C1=CC2CC1CC2CN1CCN(Cc2ccc3c(c2)OCO3)CC1.O=C(O)C(=O)O. The molecule has 2 aliphatic carbocycles. The molecule has 0 amide bonds. The van der Waals surface area contributed by atoms with Gasteiger partial charge in [0.25, 0.3) is 0 Å². The zero-order valence-corrected chi connectivity index (χ0v) is 16.9. The second-order valence-corrected chi connectivity index (χ2v) is 8.41. The van der Waals surface area contributed by atoms with E-state index in [1.807, 2.05) is 6.07 Å². The molecule has 0 radical (unpaired) electrons. The van der Waals surface area contributed by atoms with Gasteiger partial charge in [0, 0.05) is 39.3 Å². The Morgan fingerprint density at radius 3 is 2.27 bits per heavy atom. The molecule has 4 aliphatic rings. The van der Waals surface area contributed by atoms with Crippen molar-refractivity contribution in [3.8, 4) is 11.5 Å². The molecule has 3 atom stereocenters. The molecule has 1 aromatic rings. The highest BCUT2D eigenvalue weighted by Gasteiger charge is 2.36. The molecule has 1 aromatic carbocycles. The van der Waals surface area contributed by atoms with Crippen LogP contribution in [0.3, 0.4) is 0 Å². The summed E-state index contributed by atoms with van der Waals surface area (Å²) in [5.41, 5.74) is 1.32. The number of ether oxygens (including phenoxy) is 2. The Hall–Kier alpha value is -2.58. The van der Waals surface area contributed by atoms with Crippen molar-refractivity contribution < 1.29 is 29.3 Å². The van der Waals surface area contributed by atoms with Gasteiger partial charge in [-0.15, -0.1) is 0 Å². The third-order valence-corrected chi connectivity index (χ3v) is 6.40. The Labute approximate surface area is 175 Å². The molecule has 1 saturated carbocycles. The van der Waals surface area contributed by atoms with Crippen molar-refractivity contribution in [1.82, 2.24) is 9.80 Å². The van der Waals surface area contributed by atoms with Gasteiger partial charge in [-0.1, -0.05) is 18.2 Å². The lowest BCUT2D eigenvalue weighted by atomic mass is 9.93. The van der Waals surface area contributed by atoms with Gasteiger partial charge in [0.15, 0.2) is 11.5 Å². The van der Waals surface area contributed by atoms with Crippen molar-refractivity contribution in [3.05, 3.63) is 35.9 Å². The van der Waals surface area contributed by atoms with Gasteiger partial charge in [0.05, 0.1) is 0 Å². The molecular weight excluding hydrogens is 388 g/mol. The normalized spacial score (nSPS) is 27.0. The summed E-state index contributed by atoms with van der Waals surface area (Å²) in [6, 6.07) is 6.34. The Morgan fingerprint density at radius 2 is 1.63 bits per heavy atom. The van der Waals surface area contributed by atoms with Gasteiger partial charge in [-0.25, -0.2) is 9.59 Å². The van der Waals surface area contributed by atoms with Crippen LogP contribution >= 0.6 is 0 Å². The largest absolute Gasteiger partial charge is 0.473 e. The fourth-order valence-corrected chi connectivity index (χ4v) is 4.86. The van der Waals surface area contributed by atoms with Crippen LogP contribution < -0.4 is 9.47 Å². The van der Waals surface area contributed by atoms with Gasteiger partial charge in [0.2, 0.25) is 6.79 Å². The topological polar surface area (TPSA) is 99.5 Å². The summed E-state index contributed by atoms with van der Waals surface area (Å²) in [6.45, 7) is 7.45. The highest BCUT2D eigenvalue weighted by molar-refractivity contribution is 6.27. The molecule has 8 nitrogen and oxygen atoms in total. The number of rotatable bonds is 4. The maximum absolute atomic E-state index is 9.10. The van der Waals surface area contributed by atoms with Crippen LogP contribution in [0.4, 0.5) is 0 Å². The average Bonchev–Trinajstić information content (AvgIpc) is 3.46. The Morgan fingerprint density at radius 1 is 0.933 bits per heavy atom. The van der Waals surface area contributed by atoms with E-state index in [2.05, 4.69) is 34.1 Å². The zero-order chi connectivity index (χ0) is 21.1. The van der Waals surface area contributed by atoms with Crippen LogP contribution in [0.15, 0.2) is 30.4 Å². The number of nitrogens with zero attached hydrogens (tertiary/aromatic N) is 2. The molecule has 2 aliphatic heterocycles. The molecule has 3 unspecified atom stereocenters. The van der Waals surface area contributed by atoms with E-state index in [0.29, 0.717) is 6.79 Å². The molecule has 1 saturated heterocycles. The third-order valence-electron chi connectivity index (χ3n) is 6.40. The lowest BCUT2D eigenvalue weighted by Crippen LogP contribution is -2.47. The maximum atomic E-state index is 9.10. The van der Waals surface area contributed by atoms with Crippen LogP contribution in [0, 0.1) is 17.8 Å². The van der Waals surface area contributed by atoms with Gasteiger partial charge in [0.1, 0.15) is 0 Å². The summed E-state index contributed by atoms with van der Waals surface area (Å²) in [7, 11) is 0. The fraction of sp³-hybridized carbons (Fsp3) is 0.545. The van der Waals surface area contributed by atoms with Crippen LogP contribution in [0.5, 0.6) is 11.5 Å². The first-order chi connectivity index (χ1) is 14.5. The number of hydrogen-bond donors (Lipinski definition) is 2. The van der Waals surface area contributed by atoms with E-state index < -0.39 is 11.9 Å². The molecular formula is C22H28N2O6. The van der Waals surface area contributed by atoms with Crippen LogP contribution in [0.1, 0.15) is 18.4 Å². The minimum absolute atomic E-state index is 0.357. The summed E-state index contributed by atoms with van der Waals surface area (Å²) < 4.78 is 10.9. The van der Waals surface area contributed by atoms with Gasteiger partial charge < -0.3 is 24.6 Å². The number of hydrogen-bond acceptors (Lipinski definition) is 6. The van der Waals surface area contributed by atoms with E-state index in [1.54, 1.807) is 0 Å². The van der Waals surface area contributed by atoms with Crippen LogP contribution in [0.2, 0.25) is 0 Å². The number of carboxylic acids is 2. The predicted molar refractivity (Wildman–Crippen MR) is 108 cm³/mol. The predicted octanol–water partition coefficient (Wildman–Crippen LogP) is 1.90. The minimum Gasteiger partial charge on any atom is -0.473 e. The smallest absolute Gasteiger partial charge is 0.414 e. The van der Waals surface area contributed by atoms with Crippen molar-refractivity contribution in [3.63, 3.8) is 0 Å². The molecule has 0 spiro atoms. The Balaban J connectivity index is 0.000000322. The summed E-state index contributed by atoms with van der Waals surface area (Å²) >= 11 is 0. The molecule has 8 heteroatoms. The average molecular weight is 416 g/mol. The second kappa shape index (κ2) is 9.06. The Kier molecular flexibility index (Phi) is 6.24. The number of aliphatic carboxylic acids is 2. The summed E-state index contributed by atoms with van der Waals surface area (Å²) in [6.07, 6.45) is 7.78. The molecule has 2 heterocycles. The van der Waals surface area contributed by atoms with E-state index in [-0.39, 0.29) is 0 Å². The summed E-state index contributed by atoms with van der Waals surface area (Å²) in [5.74, 6) is 0.818. The molecule has 2 N–H and O–H groups in total. The molecule has 0 aromatic heterocycles. The van der Waals surface area contributed by atoms with Gasteiger partial charge in [-0.2, -0.15) is 0 Å². The van der Waals surface area contributed by atoms with E-state index in [9.17, 15) is 0 Å². The van der Waals surface area contributed by atoms with Gasteiger partial charge >= 0.3 is 11.9 Å². The lowest BCUT2D eigenvalue weighted by molar-refractivity contribution is -0.159. The molecule has 5 rings (SSSR count). The van der Waals surface area contributed by atoms with E-state index in [4.69, 9.17) is 29.3 Å². The van der Waals surface area contributed by atoms with Crippen LogP contribution in [0.25, 0.3) is 0 Å². The number of allylic oxidation sites excluding steroid dienone is 2. The van der Waals surface area contributed by atoms with Crippen molar-refractivity contribution in [2.75, 3.05) is 39.5 Å². The van der Waals surface area contributed by atoms with Crippen LogP contribution in [-0.2, 0) is 16.1 Å². The number of benzene rings is 1. The minimum atomic E-state index is -1.82. The second-order valence-electron chi connectivity index (χ2n) is 8.41. The van der Waals surface area contributed by atoms with Gasteiger partial charge in [-0.05, 0) is 48.3 Å². The van der Waals surface area contributed by atoms with E-state index in [0.717, 1.165) is 35.8 Å². The molecule has 2 bridgehead atoms. The first kappa shape index (κ1) is 20.7. The zero-order valence-electron chi connectivity index (χ0n) is 16.9. The fourth-order valence-electron chi connectivity index (χ4n) is 4.86. The first-order valence-corrected chi connectivity index (χ1v) is 10.5. The number of piperazine rings is 1. The van der Waals surface area contributed by atoms with Gasteiger partial charge in [-0.3, -0.25) is 4.90 Å². The standard InChI is InChI=1S/C20H26N2O2.C2H2O4/c1-3-17-9-15(1)10-18(17)13-22-7-5-21(6-8-22)12-16-2-4-19-20(11-16)24-14-23-19;3-1(4)2(5)6/h1-4,11,15,17-18H,5-10,12-14H2;(H,3,4)(H,5,6). The monoisotopic (exact) mass is 416 g/mol. The van der Waals surface area contributed by atoms with Crippen molar-refractivity contribution >= 4 is 11.9 Å². The Bertz CT molecular complexity index is 806. The van der Waals surface area contributed by atoms with E-state index >= 15 is 0 Å².